The highest BCUT2D eigenvalue weighted by molar-refractivity contribution is 8.18. The predicted octanol–water partition coefficient (Wildman–Crippen LogP) is 4.76. The Bertz CT molecular complexity index is 1080. The number of thioether (sulfide) groups is 1. The maximum atomic E-state index is 13.0. The van der Waals surface area contributed by atoms with E-state index in [2.05, 4.69) is 11.9 Å². The summed E-state index contributed by atoms with van der Waals surface area (Å²) in [6.07, 6.45) is 3.57. The van der Waals surface area contributed by atoms with Crippen LogP contribution in [-0.2, 0) is 9.59 Å². The minimum atomic E-state index is -1.04. The van der Waals surface area contributed by atoms with E-state index >= 15 is 0 Å². The van der Waals surface area contributed by atoms with Crippen LogP contribution in [0.1, 0.15) is 42.6 Å². The molecule has 0 saturated carbocycles. The van der Waals surface area contributed by atoms with E-state index in [9.17, 15) is 14.4 Å². The van der Waals surface area contributed by atoms with Crippen molar-refractivity contribution >= 4 is 46.4 Å². The molecule has 0 aliphatic carbocycles. The first-order valence-corrected chi connectivity index (χ1v) is 11.0. The van der Waals surface area contributed by atoms with E-state index < -0.39 is 12.6 Å². The van der Waals surface area contributed by atoms with Crippen molar-refractivity contribution in [3.05, 3.63) is 64.6 Å². The van der Waals surface area contributed by atoms with Gasteiger partial charge < -0.3 is 9.84 Å². The van der Waals surface area contributed by atoms with E-state index in [1.54, 1.807) is 59.5 Å². The zero-order valence-corrected chi connectivity index (χ0v) is 18.7. The molecule has 1 amide bonds. The van der Waals surface area contributed by atoms with E-state index in [1.807, 2.05) is 0 Å². The molecule has 1 saturated heterocycles. The van der Waals surface area contributed by atoms with Gasteiger partial charge in [-0.15, -0.1) is 0 Å². The van der Waals surface area contributed by atoms with Gasteiger partial charge in [-0.3, -0.25) is 14.5 Å². The normalized spacial score (nSPS) is 16.1. The third-order valence-electron chi connectivity index (χ3n) is 4.64. The number of hydrogen-bond donors (Lipinski definition) is 1. The van der Waals surface area contributed by atoms with E-state index in [4.69, 9.17) is 9.84 Å². The smallest absolute Gasteiger partial charge is 0.341 e. The van der Waals surface area contributed by atoms with Crippen molar-refractivity contribution in [3.8, 4) is 5.75 Å². The van der Waals surface area contributed by atoms with Crippen LogP contribution in [0.5, 0.6) is 5.75 Å². The van der Waals surface area contributed by atoms with Gasteiger partial charge in [-0.2, -0.15) is 0 Å². The predicted molar refractivity (Wildman–Crippen MR) is 125 cm³/mol. The van der Waals surface area contributed by atoms with Gasteiger partial charge in [0.05, 0.1) is 10.6 Å². The molecule has 1 fully saturated rings. The molecule has 2 aromatic carbocycles. The summed E-state index contributed by atoms with van der Waals surface area (Å²) < 4.78 is 5.14. The van der Waals surface area contributed by atoms with Crippen LogP contribution in [0.25, 0.3) is 6.08 Å². The molecule has 0 atom stereocenters. The molecule has 32 heavy (non-hydrogen) atoms. The monoisotopic (exact) mass is 452 g/mol. The summed E-state index contributed by atoms with van der Waals surface area (Å²) in [6, 6.07) is 13.9. The SMILES string of the molecule is CCCCN1C(=O)/C(=C/c2ccc(OCC(=O)O)cc2)SC1=Nc1cccc(C(C)=O)c1. The molecule has 1 aliphatic rings. The Morgan fingerprint density at radius 1 is 1.19 bits per heavy atom. The number of Topliss-reactive ketones (excluding diaryl/α,β-unsaturated/α-hetero) is 1. The van der Waals surface area contributed by atoms with Crippen molar-refractivity contribution in [2.75, 3.05) is 13.2 Å². The number of ketones is 1. The van der Waals surface area contributed by atoms with Crippen LogP contribution < -0.4 is 4.74 Å². The average molecular weight is 453 g/mol. The van der Waals surface area contributed by atoms with Gasteiger partial charge >= 0.3 is 5.97 Å². The molecule has 7 nitrogen and oxygen atoms in total. The second kappa shape index (κ2) is 10.8. The number of amides is 1. The molecular formula is C24H24N2O5S. The van der Waals surface area contributed by atoms with E-state index in [0.717, 1.165) is 18.4 Å². The zero-order chi connectivity index (χ0) is 23.1. The molecule has 0 radical (unpaired) electrons. The molecule has 0 aromatic heterocycles. The number of ether oxygens (including phenoxy) is 1. The third kappa shape index (κ3) is 6.07. The van der Waals surface area contributed by atoms with Crippen molar-refractivity contribution in [1.29, 1.82) is 0 Å². The first-order valence-electron chi connectivity index (χ1n) is 10.2. The molecule has 1 N–H and O–H groups in total. The lowest BCUT2D eigenvalue weighted by atomic mass is 10.1. The molecule has 166 valence electrons. The van der Waals surface area contributed by atoms with Crippen LogP contribution in [-0.4, -0.2) is 46.0 Å². The average Bonchev–Trinajstić information content (AvgIpc) is 3.05. The fraction of sp³-hybridized carbons (Fsp3) is 0.250. The Morgan fingerprint density at radius 3 is 2.59 bits per heavy atom. The number of carboxylic acids is 1. The fourth-order valence-corrected chi connectivity index (χ4v) is 3.99. The Labute approximate surface area is 190 Å². The number of aliphatic carboxylic acids is 1. The second-order valence-electron chi connectivity index (χ2n) is 7.17. The topological polar surface area (TPSA) is 96.3 Å². The van der Waals surface area contributed by atoms with Crippen molar-refractivity contribution in [2.24, 2.45) is 4.99 Å². The van der Waals surface area contributed by atoms with Crippen molar-refractivity contribution in [2.45, 2.75) is 26.7 Å². The van der Waals surface area contributed by atoms with Crippen molar-refractivity contribution < 1.29 is 24.2 Å². The first kappa shape index (κ1) is 23.3. The standard InChI is InChI=1S/C24H24N2O5S/c1-3-4-12-26-23(30)21(13-17-8-10-20(11-9-17)31-15-22(28)29)32-24(26)25-19-7-5-6-18(14-19)16(2)27/h5-11,13-14H,3-4,12,15H2,1-2H3,(H,28,29)/b21-13-,25-24?. The number of hydrogen-bond acceptors (Lipinski definition) is 6. The minimum Gasteiger partial charge on any atom is -0.482 e. The molecule has 0 bridgehead atoms. The highest BCUT2D eigenvalue weighted by atomic mass is 32.2. The van der Waals surface area contributed by atoms with Gasteiger partial charge in [-0.1, -0.05) is 37.6 Å². The fourth-order valence-electron chi connectivity index (χ4n) is 2.97. The van der Waals surface area contributed by atoms with Crippen molar-refractivity contribution in [3.63, 3.8) is 0 Å². The molecular weight excluding hydrogens is 428 g/mol. The van der Waals surface area contributed by atoms with Crippen molar-refractivity contribution in [1.82, 2.24) is 4.90 Å². The molecule has 1 heterocycles. The van der Waals surface area contributed by atoms with Crippen LogP contribution in [0.15, 0.2) is 58.4 Å². The van der Waals surface area contributed by atoms with Crippen LogP contribution in [0, 0.1) is 0 Å². The van der Waals surface area contributed by atoms with Crippen LogP contribution in [0.3, 0.4) is 0 Å². The second-order valence-corrected chi connectivity index (χ2v) is 8.18. The number of carbonyl (C=O) groups excluding carboxylic acids is 2. The van der Waals surface area contributed by atoms with Crippen LogP contribution in [0.4, 0.5) is 5.69 Å². The lowest BCUT2D eigenvalue weighted by Crippen LogP contribution is -2.30. The maximum Gasteiger partial charge on any atom is 0.341 e. The Balaban J connectivity index is 1.85. The minimum absolute atomic E-state index is 0.0404. The molecule has 1 aliphatic heterocycles. The van der Waals surface area contributed by atoms with Gasteiger partial charge in [-0.25, -0.2) is 9.79 Å². The van der Waals surface area contributed by atoms with Gasteiger partial charge in [0.2, 0.25) is 0 Å². The number of benzene rings is 2. The van der Waals surface area contributed by atoms with Crippen LogP contribution in [0.2, 0.25) is 0 Å². The van der Waals surface area contributed by atoms with E-state index in [0.29, 0.717) is 33.6 Å². The summed E-state index contributed by atoms with van der Waals surface area (Å²) in [4.78, 5) is 42.2. The van der Waals surface area contributed by atoms with Gasteiger partial charge in [0.15, 0.2) is 17.6 Å². The van der Waals surface area contributed by atoms with Gasteiger partial charge in [0.25, 0.3) is 5.91 Å². The summed E-state index contributed by atoms with van der Waals surface area (Å²) in [7, 11) is 0. The summed E-state index contributed by atoms with van der Waals surface area (Å²) in [5.74, 6) is -0.758. The zero-order valence-electron chi connectivity index (χ0n) is 17.9. The largest absolute Gasteiger partial charge is 0.482 e. The lowest BCUT2D eigenvalue weighted by Gasteiger charge is -2.14. The highest BCUT2D eigenvalue weighted by Crippen LogP contribution is 2.34. The summed E-state index contributed by atoms with van der Waals surface area (Å²) in [6.45, 7) is 3.72. The lowest BCUT2D eigenvalue weighted by molar-refractivity contribution is -0.139. The Hall–Kier alpha value is -3.39. The Morgan fingerprint density at radius 2 is 1.94 bits per heavy atom. The van der Waals surface area contributed by atoms with Gasteiger partial charge in [0.1, 0.15) is 5.75 Å². The molecule has 8 heteroatoms. The number of amidine groups is 1. The Kier molecular flexibility index (Phi) is 7.83. The van der Waals surface area contributed by atoms with Gasteiger partial charge in [0, 0.05) is 12.1 Å². The maximum absolute atomic E-state index is 13.0. The molecule has 0 unspecified atom stereocenters. The summed E-state index contributed by atoms with van der Waals surface area (Å²) in [5, 5.41) is 9.28. The molecule has 3 rings (SSSR count). The number of aliphatic imine (C=N–C) groups is 1. The number of carbonyl (C=O) groups is 3. The first-order chi connectivity index (χ1) is 15.4. The number of unbranched alkanes of at least 4 members (excludes halogenated alkanes) is 1. The number of rotatable bonds is 9. The highest BCUT2D eigenvalue weighted by Gasteiger charge is 2.32. The summed E-state index contributed by atoms with van der Waals surface area (Å²) >= 11 is 1.29. The summed E-state index contributed by atoms with van der Waals surface area (Å²) in [5.41, 5.74) is 1.98. The quantitative estimate of drug-likeness (QED) is 0.435. The van der Waals surface area contributed by atoms with E-state index in [1.165, 1.54) is 18.7 Å². The van der Waals surface area contributed by atoms with Crippen LogP contribution >= 0.6 is 11.8 Å². The third-order valence-corrected chi connectivity index (χ3v) is 5.65. The molecule has 2 aromatic rings. The molecule has 0 spiro atoms. The van der Waals surface area contributed by atoms with E-state index in [-0.39, 0.29) is 11.7 Å². The van der Waals surface area contributed by atoms with Gasteiger partial charge in [-0.05, 0) is 61.0 Å². The number of nitrogens with zero attached hydrogens (tertiary/aromatic N) is 2. The number of carboxylic acid groups (broad SMARTS) is 1.